The zero-order valence-corrected chi connectivity index (χ0v) is 20.6. The van der Waals surface area contributed by atoms with E-state index >= 15 is 0 Å². The molecule has 2 saturated heterocycles. The molecule has 194 valence electrons. The number of nitrogens with zero attached hydrogens (tertiary/aromatic N) is 4. The fourth-order valence-electron chi connectivity index (χ4n) is 5.48. The van der Waals surface area contributed by atoms with E-state index in [9.17, 15) is 29.1 Å². The van der Waals surface area contributed by atoms with E-state index in [0.717, 1.165) is 10.5 Å². The Bertz CT molecular complexity index is 1320. The summed E-state index contributed by atoms with van der Waals surface area (Å²) in [6, 6.07) is 3.96. The number of piperidine rings is 2. The highest BCUT2D eigenvalue weighted by Gasteiger charge is 2.45. The van der Waals surface area contributed by atoms with Crippen LogP contribution in [0.5, 0.6) is 0 Å². The molecule has 3 aliphatic rings. The molecular weight excluding hydrogens is 480 g/mol. The average molecular weight is 509 g/mol. The molecule has 0 radical (unpaired) electrons. The minimum absolute atomic E-state index is 0.0570. The van der Waals surface area contributed by atoms with Gasteiger partial charge in [-0.3, -0.25) is 34.1 Å². The summed E-state index contributed by atoms with van der Waals surface area (Å²) in [7, 11) is 0. The van der Waals surface area contributed by atoms with E-state index in [2.05, 4.69) is 15.7 Å². The Balaban J connectivity index is 1.29. The summed E-state index contributed by atoms with van der Waals surface area (Å²) < 4.78 is 1.85. The van der Waals surface area contributed by atoms with Crippen LogP contribution in [-0.4, -0.2) is 72.5 Å². The number of aromatic nitrogens is 2. The third-order valence-electron chi connectivity index (χ3n) is 7.36. The molecule has 1 aromatic carbocycles. The molecule has 3 N–H and O–H groups in total. The Labute approximate surface area is 212 Å². The molecule has 2 fully saturated rings. The molecule has 5 rings (SSSR count). The molecule has 3 aliphatic heterocycles. The summed E-state index contributed by atoms with van der Waals surface area (Å²) in [4.78, 5) is 64.0. The van der Waals surface area contributed by atoms with Gasteiger partial charge in [0.05, 0.1) is 23.4 Å². The summed E-state index contributed by atoms with van der Waals surface area (Å²) in [5.74, 6) is -2.19. The molecule has 37 heavy (non-hydrogen) atoms. The van der Waals surface area contributed by atoms with E-state index in [1.54, 1.807) is 24.4 Å². The number of benzene rings is 1. The van der Waals surface area contributed by atoms with Crippen LogP contribution < -0.4 is 10.6 Å². The van der Waals surface area contributed by atoms with Gasteiger partial charge in [-0.05, 0) is 45.2 Å². The summed E-state index contributed by atoms with van der Waals surface area (Å²) in [5.41, 5.74) is 1.23. The Hall–Kier alpha value is -4.22. The Morgan fingerprint density at radius 1 is 1.19 bits per heavy atom. The zero-order chi connectivity index (χ0) is 26.5. The Morgan fingerprint density at radius 2 is 1.97 bits per heavy atom. The van der Waals surface area contributed by atoms with Crippen molar-refractivity contribution in [3.8, 4) is 0 Å². The zero-order valence-electron chi connectivity index (χ0n) is 20.6. The maximum Gasteiger partial charge on any atom is 0.407 e. The van der Waals surface area contributed by atoms with Crippen molar-refractivity contribution in [2.45, 2.75) is 63.7 Å². The predicted octanol–water partition coefficient (Wildman–Crippen LogP) is 1.99. The second-order valence-corrected chi connectivity index (χ2v) is 10.3. The number of nitrogens with one attached hydrogen (secondary N) is 2. The van der Waals surface area contributed by atoms with Crippen LogP contribution in [0.1, 0.15) is 71.9 Å². The first-order valence-electron chi connectivity index (χ1n) is 12.2. The lowest BCUT2D eigenvalue weighted by Crippen LogP contribution is -2.54. The van der Waals surface area contributed by atoms with Crippen LogP contribution in [0.15, 0.2) is 30.6 Å². The van der Waals surface area contributed by atoms with Crippen LogP contribution in [0, 0.1) is 0 Å². The summed E-state index contributed by atoms with van der Waals surface area (Å²) in [6.45, 7) is 4.58. The Morgan fingerprint density at radius 3 is 2.68 bits per heavy atom. The van der Waals surface area contributed by atoms with E-state index in [1.165, 1.54) is 4.90 Å². The van der Waals surface area contributed by atoms with E-state index < -0.39 is 41.3 Å². The molecule has 5 amide bonds. The highest BCUT2D eigenvalue weighted by molar-refractivity contribution is 6.25. The highest BCUT2D eigenvalue weighted by atomic mass is 16.4. The number of anilines is 1. The van der Waals surface area contributed by atoms with Gasteiger partial charge in [0.25, 0.3) is 11.8 Å². The topological polar surface area (TPSA) is 154 Å². The van der Waals surface area contributed by atoms with Crippen molar-refractivity contribution >= 4 is 35.4 Å². The monoisotopic (exact) mass is 508 g/mol. The van der Waals surface area contributed by atoms with Crippen LogP contribution in [-0.2, 0) is 16.1 Å². The van der Waals surface area contributed by atoms with Crippen molar-refractivity contribution in [2.75, 3.05) is 11.9 Å². The van der Waals surface area contributed by atoms with Crippen LogP contribution in [0.3, 0.4) is 0 Å². The first-order chi connectivity index (χ1) is 17.6. The van der Waals surface area contributed by atoms with E-state index in [4.69, 9.17) is 0 Å². The van der Waals surface area contributed by atoms with Gasteiger partial charge < -0.3 is 15.3 Å². The molecule has 0 saturated carbocycles. The molecule has 0 aliphatic carbocycles. The van der Waals surface area contributed by atoms with Gasteiger partial charge in [0.2, 0.25) is 11.8 Å². The first-order valence-corrected chi connectivity index (χ1v) is 12.2. The molecule has 2 aromatic rings. The fourth-order valence-corrected chi connectivity index (χ4v) is 5.48. The lowest BCUT2D eigenvalue weighted by Gasteiger charge is -2.43. The molecule has 12 nitrogen and oxygen atoms in total. The molecular formula is C25H28N6O6. The standard InChI is InChI=1S/C25H28N6O6/c1-25(2)10-15(8-9-29(25)24(36)37)30-13-14(12-27-30)11-26-17-5-3-4-16-20(17)23(35)31(22(16)34)18-6-7-19(32)28-21(18)33/h3-5,12-13,15,18,26H,6-11H2,1-2H3,(H,36,37)(H,28,32,33)/t15-,18?/m0/s1. The number of rotatable bonds is 5. The van der Waals surface area contributed by atoms with Crippen LogP contribution >= 0.6 is 0 Å². The van der Waals surface area contributed by atoms with Crippen molar-refractivity contribution in [3.63, 3.8) is 0 Å². The Kier molecular flexibility index (Phi) is 5.97. The SMILES string of the molecule is CC1(C)C[C@@H](n2cc(CNc3cccc4c3C(=O)N(C3CCC(=O)NC3=O)C4=O)cn2)CCN1C(=O)O. The van der Waals surface area contributed by atoms with Gasteiger partial charge in [-0.15, -0.1) is 0 Å². The second kappa shape index (κ2) is 9.02. The normalized spacial score (nSPS) is 23.2. The van der Waals surface area contributed by atoms with Gasteiger partial charge in [0.1, 0.15) is 6.04 Å². The first kappa shape index (κ1) is 24.5. The molecule has 0 bridgehead atoms. The van der Waals surface area contributed by atoms with Gasteiger partial charge >= 0.3 is 6.09 Å². The van der Waals surface area contributed by atoms with Crippen LogP contribution in [0.25, 0.3) is 0 Å². The van der Waals surface area contributed by atoms with Gasteiger partial charge in [0.15, 0.2) is 0 Å². The van der Waals surface area contributed by atoms with Crippen LogP contribution in [0.4, 0.5) is 10.5 Å². The minimum atomic E-state index is -1.02. The number of carbonyl (C=O) groups excluding carboxylic acids is 4. The average Bonchev–Trinajstić information content (AvgIpc) is 3.41. The van der Waals surface area contributed by atoms with E-state index in [0.29, 0.717) is 31.6 Å². The predicted molar refractivity (Wildman–Crippen MR) is 130 cm³/mol. The minimum Gasteiger partial charge on any atom is -0.465 e. The lowest BCUT2D eigenvalue weighted by atomic mass is 9.87. The number of imide groups is 2. The third-order valence-corrected chi connectivity index (χ3v) is 7.36. The van der Waals surface area contributed by atoms with Crippen molar-refractivity contribution < 1.29 is 29.1 Å². The molecule has 12 heteroatoms. The summed E-state index contributed by atoms with van der Waals surface area (Å²) >= 11 is 0. The molecule has 0 spiro atoms. The molecule has 1 unspecified atom stereocenters. The molecule has 2 atom stereocenters. The number of hydrogen-bond donors (Lipinski definition) is 3. The van der Waals surface area contributed by atoms with Crippen molar-refractivity contribution in [1.29, 1.82) is 0 Å². The number of fused-ring (bicyclic) bond motifs is 1. The smallest absolute Gasteiger partial charge is 0.407 e. The summed E-state index contributed by atoms with van der Waals surface area (Å²) in [5, 5.41) is 19.3. The van der Waals surface area contributed by atoms with Gasteiger partial charge in [0, 0.05) is 42.5 Å². The van der Waals surface area contributed by atoms with Gasteiger partial charge in [-0.2, -0.15) is 5.10 Å². The van der Waals surface area contributed by atoms with Crippen molar-refractivity contribution in [3.05, 3.63) is 47.3 Å². The third kappa shape index (κ3) is 4.32. The maximum absolute atomic E-state index is 13.2. The van der Waals surface area contributed by atoms with Gasteiger partial charge in [-0.25, -0.2) is 4.79 Å². The molecule has 1 aromatic heterocycles. The van der Waals surface area contributed by atoms with E-state index in [1.807, 2.05) is 24.7 Å². The fraction of sp³-hybridized carbons (Fsp3) is 0.440. The quantitative estimate of drug-likeness (QED) is 0.518. The number of carbonyl (C=O) groups is 5. The van der Waals surface area contributed by atoms with Crippen LogP contribution in [0.2, 0.25) is 0 Å². The van der Waals surface area contributed by atoms with Crippen molar-refractivity contribution in [2.24, 2.45) is 0 Å². The maximum atomic E-state index is 13.2. The highest BCUT2D eigenvalue weighted by Crippen LogP contribution is 2.35. The second-order valence-electron chi connectivity index (χ2n) is 10.3. The number of hydrogen-bond acceptors (Lipinski definition) is 7. The number of likely N-dealkylation sites (tertiary alicyclic amines) is 1. The number of carboxylic acid groups (broad SMARTS) is 1. The number of amides is 5. The molecule has 4 heterocycles. The van der Waals surface area contributed by atoms with E-state index in [-0.39, 0.29) is 30.0 Å². The largest absolute Gasteiger partial charge is 0.465 e. The summed E-state index contributed by atoms with van der Waals surface area (Å²) in [6.07, 6.45) is 4.14. The van der Waals surface area contributed by atoms with Gasteiger partial charge in [-0.1, -0.05) is 6.07 Å². The van der Waals surface area contributed by atoms with Crippen molar-refractivity contribution in [1.82, 2.24) is 24.9 Å². The lowest BCUT2D eigenvalue weighted by molar-refractivity contribution is -0.136.